The standard InChI is InChI=1S/C15H10Cl3N3O4/c16-11-5-4-10(6-13(11)21(23)24)20-14(22)8-25-19-7-9-2-1-3-12(17)15(9)18/h1-7H,8H2,(H,20,22)/b19-7-. The Morgan fingerprint density at radius 1 is 1.24 bits per heavy atom. The van der Waals surface area contributed by atoms with Crippen LogP contribution in [-0.2, 0) is 9.63 Å². The van der Waals surface area contributed by atoms with E-state index in [1.54, 1.807) is 18.2 Å². The van der Waals surface area contributed by atoms with Gasteiger partial charge >= 0.3 is 0 Å². The van der Waals surface area contributed by atoms with Crippen LogP contribution < -0.4 is 5.32 Å². The fourth-order valence-corrected chi connectivity index (χ4v) is 2.28. The van der Waals surface area contributed by atoms with Crippen molar-refractivity contribution < 1.29 is 14.6 Å². The monoisotopic (exact) mass is 401 g/mol. The van der Waals surface area contributed by atoms with Gasteiger partial charge in [-0.25, -0.2) is 0 Å². The summed E-state index contributed by atoms with van der Waals surface area (Å²) in [6.45, 7) is -0.398. The van der Waals surface area contributed by atoms with E-state index in [1.807, 2.05) is 0 Å². The molecular weight excluding hydrogens is 393 g/mol. The van der Waals surface area contributed by atoms with E-state index in [0.717, 1.165) is 6.07 Å². The van der Waals surface area contributed by atoms with Crippen LogP contribution in [0.5, 0.6) is 0 Å². The van der Waals surface area contributed by atoms with E-state index in [0.29, 0.717) is 15.6 Å². The molecule has 0 bridgehead atoms. The zero-order valence-corrected chi connectivity index (χ0v) is 14.7. The van der Waals surface area contributed by atoms with Crippen molar-refractivity contribution in [2.45, 2.75) is 0 Å². The Morgan fingerprint density at radius 2 is 2.00 bits per heavy atom. The molecule has 130 valence electrons. The van der Waals surface area contributed by atoms with Crippen LogP contribution in [-0.4, -0.2) is 23.7 Å². The maximum absolute atomic E-state index is 11.8. The third kappa shape index (κ3) is 5.32. The Hall–Kier alpha value is -2.35. The topological polar surface area (TPSA) is 93.8 Å². The van der Waals surface area contributed by atoms with Gasteiger partial charge < -0.3 is 10.2 Å². The third-order valence-corrected chi connectivity index (χ3v) is 4.02. The maximum Gasteiger partial charge on any atom is 0.289 e. The number of nitrogens with one attached hydrogen (secondary N) is 1. The number of oxime groups is 1. The Morgan fingerprint density at radius 3 is 2.72 bits per heavy atom. The number of carbonyl (C=O) groups is 1. The second-order valence-corrected chi connectivity index (χ2v) is 5.81. The van der Waals surface area contributed by atoms with Crippen molar-refractivity contribution in [1.29, 1.82) is 0 Å². The van der Waals surface area contributed by atoms with Crippen molar-refractivity contribution in [3.05, 3.63) is 67.1 Å². The number of amides is 1. The Kier molecular flexibility index (Phi) is 6.58. The van der Waals surface area contributed by atoms with E-state index >= 15 is 0 Å². The second-order valence-electron chi connectivity index (χ2n) is 4.62. The summed E-state index contributed by atoms with van der Waals surface area (Å²) >= 11 is 17.5. The molecule has 2 aromatic rings. The summed E-state index contributed by atoms with van der Waals surface area (Å²) in [5, 5.41) is 17.5. The van der Waals surface area contributed by atoms with E-state index in [9.17, 15) is 14.9 Å². The van der Waals surface area contributed by atoms with Crippen molar-refractivity contribution in [1.82, 2.24) is 0 Å². The number of anilines is 1. The van der Waals surface area contributed by atoms with Crippen LogP contribution in [0.15, 0.2) is 41.6 Å². The first kappa shape index (κ1) is 19.0. The summed E-state index contributed by atoms with van der Waals surface area (Å²) < 4.78 is 0. The van der Waals surface area contributed by atoms with Crippen LogP contribution in [0.2, 0.25) is 15.1 Å². The van der Waals surface area contributed by atoms with E-state index in [4.69, 9.17) is 39.6 Å². The van der Waals surface area contributed by atoms with E-state index < -0.39 is 17.4 Å². The lowest BCUT2D eigenvalue weighted by Crippen LogP contribution is -2.17. The molecule has 0 saturated carbocycles. The summed E-state index contributed by atoms with van der Waals surface area (Å²) in [5.74, 6) is -0.550. The zero-order chi connectivity index (χ0) is 18.4. The molecule has 2 aromatic carbocycles. The minimum atomic E-state index is -0.645. The van der Waals surface area contributed by atoms with Gasteiger partial charge in [0.05, 0.1) is 21.2 Å². The predicted molar refractivity (Wildman–Crippen MR) is 96.7 cm³/mol. The van der Waals surface area contributed by atoms with Crippen LogP contribution in [0.4, 0.5) is 11.4 Å². The molecule has 0 spiro atoms. The average Bonchev–Trinajstić information content (AvgIpc) is 2.56. The number of hydrogen-bond acceptors (Lipinski definition) is 5. The van der Waals surface area contributed by atoms with E-state index in [1.165, 1.54) is 18.3 Å². The quantitative estimate of drug-likeness (QED) is 0.436. The molecule has 1 amide bonds. The molecule has 0 aromatic heterocycles. The molecule has 2 rings (SSSR count). The van der Waals surface area contributed by atoms with Gasteiger partial charge in [0.2, 0.25) is 0 Å². The third-order valence-electron chi connectivity index (χ3n) is 2.87. The first-order valence-corrected chi connectivity index (χ1v) is 7.85. The molecule has 0 radical (unpaired) electrons. The second kappa shape index (κ2) is 8.66. The van der Waals surface area contributed by atoms with Crippen molar-refractivity contribution in [2.24, 2.45) is 5.16 Å². The molecule has 0 saturated heterocycles. The smallest absolute Gasteiger partial charge is 0.289 e. The highest BCUT2D eigenvalue weighted by atomic mass is 35.5. The fourth-order valence-electron chi connectivity index (χ4n) is 1.74. The van der Waals surface area contributed by atoms with Gasteiger partial charge in [0, 0.05) is 17.3 Å². The van der Waals surface area contributed by atoms with Crippen molar-refractivity contribution in [2.75, 3.05) is 11.9 Å². The summed E-state index contributed by atoms with van der Waals surface area (Å²) in [6, 6.07) is 8.89. The average molecular weight is 403 g/mol. The number of nitrogens with zero attached hydrogens (tertiary/aromatic N) is 2. The van der Waals surface area contributed by atoms with Crippen molar-refractivity contribution in [3.8, 4) is 0 Å². The lowest BCUT2D eigenvalue weighted by Gasteiger charge is -2.05. The minimum Gasteiger partial charge on any atom is -0.386 e. The van der Waals surface area contributed by atoms with E-state index in [-0.39, 0.29) is 16.4 Å². The summed E-state index contributed by atoms with van der Waals surface area (Å²) in [4.78, 5) is 26.8. The van der Waals surface area contributed by atoms with Crippen LogP contribution in [0.25, 0.3) is 0 Å². The van der Waals surface area contributed by atoms with Gasteiger partial charge in [0.15, 0.2) is 6.61 Å². The number of halogens is 3. The predicted octanol–water partition coefficient (Wildman–Crippen LogP) is 4.54. The van der Waals surface area contributed by atoms with Crippen molar-refractivity contribution >= 4 is 58.3 Å². The first-order valence-electron chi connectivity index (χ1n) is 6.71. The molecule has 0 aliphatic carbocycles. The number of carbonyl (C=O) groups excluding carboxylic acids is 1. The highest BCUT2D eigenvalue weighted by molar-refractivity contribution is 6.43. The van der Waals surface area contributed by atoms with Crippen molar-refractivity contribution in [3.63, 3.8) is 0 Å². The van der Waals surface area contributed by atoms with Gasteiger partial charge in [-0.3, -0.25) is 14.9 Å². The number of nitro benzene ring substituents is 1. The van der Waals surface area contributed by atoms with Gasteiger partial charge in [0.25, 0.3) is 11.6 Å². The normalized spacial score (nSPS) is 10.7. The molecule has 0 unspecified atom stereocenters. The summed E-state index contributed by atoms with van der Waals surface area (Å²) in [6.07, 6.45) is 1.31. The highest BCUT2D eigenvalue weighted by Crippen LogP contribution is 2.27. The summed E-state index contributed by atoms with van der Waals surface area (Å²) in [5.41, 5.74) is 0.434. The molecule has 0 atom stereocenters. The molecule has 0 aliphatic heterocycles. The van der Waals surface area contributed by atoms with Gasteiger partial charge in [-0.2, -0.15) is 0 Å². The first-order chi connectivity index (χ1) is 11.9. The minimum absolute atomic E-state index is 0.0257. The number of hydrogen-bond donors (Lipinski definition) is 1. The molecular formula is C15H10Cl3N3O4. The molecule has 0 fully saturated rings. The largest absolute Gasteiger partial charge is 0.386 e. The highest BCUT2D eigenvalue weighted by Gasteiger charge is 2.14. The van der Waals surface area contributed by atoms with Gasteiger partial charge in [-0.1, -0.05) is 52.1 Å². The van der Waals surface area contributed by atoms with Gasteiger partial charge in [0.1, 0.15) is 5.02 Å². The fraction of sp³-hybridized carbons (Fsp3) is 0.0667. The maximum atomic E-state index is 11.8. The Bertz CT molecular complexity index is 843. The molecule has 10 heteroatoms. The van der Waals surface area contributed by atoms with Gasteiger partial charge in [-0.15, -0.1) is 0 Å². The van der Waals surface area contributed by atoms with Crippen LogP contribution in [0.1, 0.15) is 5.56 Å². The molecule has 1 N–H and O–H groups in total. The Balaban J connectivity index is 1.91. The number of rotatable bonds is 6. The Labute approximate surface area is 157 Å². The molecule has 7 nitrogen and oxygen atoms in total. The van der Waals surface area contributed by atoms with Gasteiger partial charge in [-0.05, 0) is 18.2 Å². The van der Waals surface area contributed by atoms with E-state index in [2.05, 4.69) is 10.5 Å². The van der Waals surface area contributed by atoms with Crippen LogP contribution in [0, 0.1) is 10.1 Å². The zero-order valence-electron chi connectivity index (χ0n) is 12.4. The molecule has 0 heterocycles. The summed E-state index contributed by atoms with van der Waals surface area (Å²) in [7, 11) is 0. The SMILES string of the molecule is O=C(CO/N=C\c1cccc(Cl)c1Cl)Nc1ccc(Cl)c([N+](=O)[O-])c1. The molecule has 25 heavy (non-hydrogen) atoms. The lowest BCUT2D eigenvalue weighted by atomic mass is 10.2. The molecule has 0 aliphatic rings. The van der Waals surface area contributed by atoms with Crippen LogP contribution >= 0.6 is 34.8 Å². The number of benzene rings is 2. The lowest BCUT2D eigenvalue weighted by molar-refractivity contribution is -0.384. The number of nitro groups is 1. The van der Waals surface area contributed by atoms with Crippen LogP contribution in [0.3, 0.4) is 0 Å².